The van der Waals surface area contributed by atoms with Gasteiger partial charge in [0.1, 0.15) is 12.4 Å². The molecule has 0 atom stereocenters. The summed E-state index contributed by atoms with van der Waals surface area (Å²) in [5.41, 5.74) is 6.46. The van der Waals surface area contributed by atoms with Crippen LogP contribution in [0.4, 0.5) is 5.82 Å². The molecule has 1 heterocycles. The van der Waals surface area contributed by atoms with Gasteiger partial charge >= 0.3 is 0 Å². The third-order valence-corrected chi connectivity index (χ3v) is 1.79. The monoisotopic (exact) mass is 195 g/mol. The molecule has 78 valence electrons. The zero-order valence-corrected chi connectivity index (χ0v) is 8.79. The number of hydrogen-bond donors (Lipinski definition) is 1. The van der Waals surface area contributed by atoms with Crippen molar-refractivity contribution in [3.05, 3.63) is 17.6 Å². The first-order valence-electron chi connectivity index (χ1n) is 4.90. The molecule has 4 nitrogen and oxygen atoms in total. The molecule has 1 aromatic rings. The molecule has 0 aliphatic heterocycles. The van der Waals surface area contributed by atoms with E-state index in [2.05, 4.69) is 16.9 Å². The molecule has 4 heteroatoms. The van der Waals surface area contributed by atoms with Crippen LogP contribution >= 0.6 is 0 Å². The van der Waals surface area contributed by atoms with Gasteiger partial charge in [0.2, 0.25) is 0 Å². The fraction of sp³-hybridized carbons (Fsp3) is 0.600. The molecule has 1 aromatic heterocycles. The Balaban J connectivity index is 2.42. The van der Waals surface area contributed by atoms with Gasteiger partial charge in [0.05, 0.1) is 0 Å². The van der Waals surface area contributed by atoms with E-state index in [9.17, 15) is 0 Å². The lowest BCUT2D eigenvalue weighted by Gasteiger charge is -2.03. The van der Waals surface area contributed by atoms with Crippen LogP contribution in [-0.4, -0.2) is 16.6 Å². The van der Waals surface area contributed by atoms with E-state index < -0.39 is 0 Å². The Morgan fingerprint density at radius 3 is 2.86 bits per heavy atom. The van der Waals surface area contributed by atoms with E-state index in [1.807, 2.05) is 6.92 Å². The molecule has 0 bridgehead atoms. The minimum Gasteiger partial charge on any atom is -0.384 e. The number of aromatic nitrogens is 2. The highest BCUT2D eigenvalue weighted by Gasteiger charge is 1.99. The Labute approximate surface area is 84.5 Å². The summed E-state index contributed by atoms with van der Waals surface area (Å²) < 4.78 is 5.39. The van der Waals surface area contributed by atoms with Crippen LogP contribution < -0.4 is 5.73 Å². The van der Waals surface area contributed by atoms with Gasteiger partial charge in [-0.2, -0.15) is 0 Å². The van der Waals surface area contributed by atoms with Crippen LogP contribution in [0.15, 0.2) is 6.07 Å². The van der Waals surface area contributed by atoms with Crippen molar-refractivity contribution in [3.63, 3.8) is 0 Å². The normalized spacial score (nSPS) is 10.4. The van der Waals surface area contributed by atoms with Gasteiger partial charge in [-0.1, -0.05) is 13.3 Å². The van der Waals surface area contributed by atoms with Crippen molar-refractivity contribution in [1.82, 2.24) is 9.97 Å². The molecule has 0 fully saturated rings. The number of anilines is 1. The summed E-state index contributed by atoms with van der Waals surface area (Å²) in [7, 11) is 0. The highest BCUT2D eigenvalue weighted by atomic mass is 16.5. The maximum absolute atomic E-state index is 5.58. The smallest absolute Gasteiger partial charge is 0.156 e. The van der Waals surface area contributed by atoms with Crippen LogP contribution in [0, 0.1) is 6.92 Å². The summed E-state index contributed by atoms with van der Waals surface area (Å²) in [6, 6.07) is 1.75. The summed E-state index contributed by atoms with van der Waals surface area (Å²) in [5.74, 6) is 1.17. The average Bonchev–Trinajstić information content (AvgIpc) is 2.11. The first-order valence-corrected chi connectivity index (χ1v) is 4.90. The number of nitrogens with two attached hydrogens (primary N) is 1. The van der Waals surface area contributed by atoms with E-state index in [0.29, 0.717) is 18.2 Å². The van der Waals surface area contributed by atoms with Gasteiger partial charge in [-0.15, -0.1) is 0 Å². The van der Waals surface area contributed by atoms with Gasteiger partial charge in [0.15, 0.2) is 5.82 Å². The Morgan fingerprint density at radius 2 is 2.21 bits per heavy atom. The lowest BCUT2D eigenvalue weighted by atomic mass is 10.4. The second kappa shape index (κ2) is 5.54. The fourth-order valence-corrected chi connectivity index (χ4v) is 1.13. The molecule has 0 aromatic carbocycles. The standard InChI is InChI=1S/C10H17N3O/c1-3-4-5-14-7-10-12-8(2)6-9(11)13-10/h6H,3-5,7H2,1-2H3,(H2,11,12,13). The second-order valence-corrected chi connectivity index (χ2v) is 3.26. The largest absolute Gasteiger partial charge is 0.384 e. The molecule has 0 radical (unpaired) electrons. The Morgan fingerprint density at radius 1 is 1.43 bits per heavy atom. The van der Waals surface area contributed by atoms with E-state index >= 15 is 0 Å². The van der Waals surface area contributed by atoms with Gasteiger partial charge in [-0.25, -0.2) is 9.97 Å². The summed E-state index contributed by atoms with van der Waals surface area (Å²) in [5, 5.41) is 0. The Hall–Kier alpha value is -1.16. The van der Waals surface area contributed by atoms with Crippen molar-refractivity contribution < 1.29 is 4.74 Å². The van der Waals surface area contributed by atoms with Crippen LogP contribution in [0.5, 0.6) is 0 Å². The zero-order chi connectivity index (χ0) is 10.4. The summed E-state index contributed by atoms with van der Waals surface area (Å²) >= 11 is 0. The van der Waals surface area contributed by atoms with E-state index in [1.165, 1.54) is 0 Å². The maximum Gasteiger partial charge on any atom is 0.156 e. The number of hydrogen-bond acceptors (Lipinski definition) is 4. The molecule has 0 saturated heterocycles. The van der Waals surface area contributed by atoms with Crippen LogP contribution in [0.3, 0.4) is 0 Å². The lowest BCUT2D eigenvalue weighted by molar-refractivity contribution is 0.112. The molecule has 0 unspecified atom stereocenters. The zero-order valence-electron chi connectivity index (χ0n) is 8.79. The number of rotatable bonds is 5. The predicted octanol–water partition coefficient (Wildman–Crippen LogP) is 1.68. The molecule has 0 saturated carbocycles. The van der Waals surface area contributed by atoms with Crippen LogP contribution in [0.2, 0.25) is 0 Å². The van der Waals surface area contributed by atoms with Crippen molar-refractivity contribution in [2.45, 2.75) is 33.3 Å². The van der Waals surface area contributed by atoms with Crippen molar-refractivity contribution >= 4 is 5.82 Å². The fourth-order valence-electron chi connectivity index (χ4n) is 1.13. The van der Waals surface area contributed by atoms with E-state index in [1.54, 1.807) is 6.07 Å². The summed E-state index contributed by atoms with van der Waals surface area (Å²) in [4.78, 5) is 8.29. The molecule has 14 heavy (non-hydrogen) atoms. The molecular formula is C10H17N3O. The van der Waals surface area contributed by atoms with Crippen molar-refractivity contribution in [3.8, 4) is 0 Å². The minimum absolute atomic E-state index is 0.450. The molecule has 0 aliphatic rings. The third-order valence-electron chi connectivity index (χ3n) is 1.79. The topological polar surface area (TPSA) is 61.0 Å². The number of unbranched alkanes of at least 4 members (excludes halogenated alkanes) is 1. The van der Waals surface area contributed by atoms with Crippen LogP contribution in [-0.2, 0) is 11.3 Å². The van der Waals surface area contributed by atoms with Gasteiger partial charge in [-0.3, -0.25) is 0 Å². The van der Waals surface area contributed by atoms with Gasteiger partial charge in [0, 0.05) is 18.4 Å². The van der Waals surface area contributed by atoms with Crippen molar-refractivity contribution in [2.24, 2.45) is 0 Å². The molecular weight excluding hydrogens is 178 g/mol. The molecule has 0 aliphatic carbocycles. The number of nitrogen functional groups attached to an aromatic ring is 1. The number of nitrogens with zero attached hydrogens (tertiary/aromatic N) is 2. The van der Waals surface area contributed by atoms with Gasteiger partial charge in [0.25, 0.3) is 0 Å². The van der Waals surface area contributed by atoms with E-state index in [0.717, 1.165) is 25.1 Å². The minimum atomic E-state index is 0.450. The first kappa shape index (κ1) is 10.9. The van der Waals surface area contributed by atoms with Crippen molar-refractivity contribution in [2.75, 3.05) is 12.3 Å². The van der Waals surface area contributed by atoms with Crippen molar-refractivity contribution in [1.29, 1.82) is 0 Å². The highest BCUT2D eigenvalue weighted by Crippen LogP contribution is 2.03. The highest BCUT2D eigenvalue weighted by molar-refractivity contribution is 5.28. The molecule has 0 amide bonds. The third kappa shape index (κ3) is 3.70. The van der Waals surface area contributed by atoms with Crippen LogP contribution in [0.1, 0.15) is 31.3 Å². The lowest BCUT2D eigenvalue weighted by Crippen LogP contribution is -2.04. The summed E-state index contributed by atoms with van der Waals surface area (Å²) in [6.45, 7) is 5.23. The predicted molar refractivity (Wildman–Crippen MR) is 55.7 cm³/mol. The number of aryl methyl sites for hydroxylation is 1. The van der Waals surface area contributed by atoms with Gasteiger partial charge < -0.3 is 10.5 Å². The quantitative estimate of drug-likeness (QED) is 0.726. The van der Waals surface area contributed by atoms with Crippen LogP contribution in [0.25, 0.3) is 0 Å². The van der Waals surface area contributed by atoms with E-state index in [-0.39, 0.29) is 0 Å². The first-order chi connectivity index (χ1) is 6.72. The maximum atomic E-state index is 5.58. The van der Waals surface area contributed by atoms with E-state index in [4.69, 9.17) is 10.5 Å². The second-order valence-electron chi connectivity index (χ2n) is 3.26. The average molecular weight is 195 g/mol. The Bertz CT molecular complexity index is 268. The molecule has 1 rings (SSSR count). The molecule has 2 N–H and O–H groups in total. The Kier molecular flexibility index (Phi) is 4.32. The molecule has 0 spiro atoms. The van der Waals surface area contributed by atoms with Gasteiger partial charge in [-0.05, 0) is 13.3 Å². The SMILES string of the molecule is CCCCOCc1nc(C)cc(N)n1. The number of ether oxygens (including phenoxy) is 1. The summed E-state index contributed by atoms with van der Waals surface area (Å²) in [6.07, 6.45) is 2.21.